The number of carbonyl (C=O) groups excluding carboxylic acids is 2. The Bertz CT molecular complexity index is 1390. The second-order valence-corrected chi connectivity index (χ2v) is 21.6. The van der Waals surface area contributed by atoms with Crippen molar-refractivity contribution in [2.24, 2.45) is 0 Å². The minimum atomic E-state index is -3.43. The molecule has 0 amide bonds. The molecule has 0 saturated heterocycles. The van der Waals surface area contributed by atoms with E-state index >= 15 is 0 Å². The summed E-state index contributed by atoms with van der Waals surface area (Å²) in [5.74, 6) is 0.448. The summed E-state index contributed by atoms with van der Waals surface area (Å²) >= 11 is 0. The summed E-state index contributed by atoms with van der Waals surface area (Å²) in [6.07, 6.45) is 11.0. The van der Waals surface area contributed by atoms with E-state index in [0.717, 1.165) is 47.6 Å². The van der Waals surface area contributed by atoms with Gasteiger partial charge in [0.1, 0.15) is 29.7 Å². The molecule has 0 saturated carbocycles. The molecule has 1 heterocycles. The maximum atomic E-state index is 13.9. The number of benzene rings is 1. The molecule has 9 nitrogen and oxygen atoms in total. The van der Waals surface area contributed by atoms with Gasteiger partial charge in [0.2, 0.25) is 0 Å². The van der Waals surface area contributed by atoms with Crippen molar-refractivity contribution < 1.29 is 32.9 Å². The van der Waals surface area contributed by atoms with E-state index in [1.54, 1.807) is 20.8 Å². The van der Waals surface area contributed by atoms with Gasteiger partial charge in [-0.3, -0.25) is 9.36 Å². The maximum Gasteiger partial charge on any atom is 0.342 e. The summed E-state index contributed by atoms with van der Waals surface area (Å²) in [6.45, 7) is 20.3. The second kappa shape index (κ2) is 17.0. The van der Waals surface area contributed by atoms with E-state index < -0.39 is 27.6 Å². The molecule has 1 aromatic rings. The minimum Gasteiger partial charge on any atom is -0.493 e. The van der Waals surface area contributed by atoms with Crippen LogP contribution in [0.5, 0.6) is 5.75 Å². The van der Waals surface area contributed by atoms with Crippen molar-refractivity contribution in [3.05, 3.63) is 63.5 Å². The predicted octanol–water partition coefficient (Wildman–Crippen LogP) is 7.40. The Kier molecular flexibility index (Phi) is 13.9. The lowest BCUT2D eigenvalue weighted by Gasteiger charge is -2.25. The van der Waals surface area contributed by atoms with Crippen molar-refractivity contribution in [3.8, 4) is 5.75 Å². The first kappa shape index (κ1) is 37.8. The van der Waals surface area contributed by atoms with Gasteiger partial charge in [0.05, 0.1) is 18.9 Å². The summed E-state index contributed by atoms with van der Waals surface area (Å²) in [5.41, 5.74) is 6.00. The van der Waals surface area contributed by atoms with Crippen molar-refractivity contribution in [2.75, 3.05) is 25.9 Å². The zero-order chi connectivity index (χ0) is 34.1. The van der Waals surface area contributed by atoms with Gasteiger partial charge in [-0.05, 0) is 89.6 Å². The summed E-state index contributed by atoms with van der Waals surface area (Å²) in [4.78, 5) is 25.3. The average molecular weight is 675 g/mol. The minimum absolute atomic E-state index is 0.186. The lowest BCUT2D eigenvalue weighted by molar-refractivity contribution is -0.149. The second-order valence-electron chi connectivity index (χ2n) is 13.7. The number of carbonyl (C=O) groups is 2. The van der Waals surface area contributed by atoms with Gasteiger partial charge >= 0.3 is 19.5 Å². The Hall–Kier alpha value is -2.65. The van der Waals surface area contributed by atoms with E-state index in [0.29, 0.717) is 49.8 Å². The number of hydrogen-bond donors (Lipinski definition) is 2. The first-order chi connectivity index (χ1) is 21.6. The van der Waals surface area contributed by atoms with Crippen molar-refractivity contribution in [2.45, 2.75) is 112 Å². The monoisotopic (exact) mass is 674 g/mol. The molecule has 1 aliphatic heterocycles. The molecule has 0 spiro atoms. The molecule has 3 rings (SSSR count). The van der Waals surface area contributed by atoms with Crippen LogP contribution in [-0.4, -0.2) is 58.0 Å². The van der Waals surface area contributed by atoms with Gasteiger partial charge in [0.25, 0.3) is 0 Å². The molecule has 2 aliphatic rings. The highest BCUT2D eigenvalue weighted by Crippen LogP contribution is 2.46. The Morgan fingerprint density at radius 1 is 1.17 bits per heavy atom. The van der Waals surface area contributed by atoms with Gasteiger partial charge < -0.3 is 24.1 Å². The van der Waals surface area contributed by atoms with Crippen molar-refractivity contribution in [3.63, 3.8) is 0 Å². The zero-order valence-electron chi connectivity index (χ0n) is 29.3. The van der Waals surface area contributed by atoms with Gasteiger partial charge in [-0.2, -0.15) is 0 Å². The third-order valence-electron chi connectivity index (χ3n) is 8.03. The Balaban J connectivity index is 1.71. The summed E-state index contributed by atoms with van der Waals surface area (Å²) in [5, 5.41) is 6.32. The van der Waals surface area contributed by atoms with Crippen LogP contribution in [0.15, 0.2) is 35.6 Å². The Morgan fingerprint density at radius 2 is 1.91 bits per heavy atom. The van der Waals surface area contributed by atoms with Gasteiger partial charge in [-0.1, -0.05) is 44.3 Å². The van der Waals surface area contributed by atoms with Gasteiger partial charge in [0, 0.05) is 32.3 Å². The number of nitrogens with one attached hydrogen (secondary N) is 2. The number of cyclic esters (lactones) is 1. The summed E-state index contributed by atoms with van der Waals surface area (Å²) in [7, 11) is -4.76. The van der Waals surface area contributed by atoms with Crippen LogP contribution in [0.25, 0.3) is 0 Å². The third kappa shape index (κ3) is 11.0. The highest BCUT2D eigenvalue weighted by molar-refractivity contribution is 7.57. The van der Waals surface area contributed by atoms with E-state index in [1.807, 2.05) is 18.2 Å². The molecule has 0 fully saturated rings. The van der Waals surface area contributed by atoms with Gasteiger partial charge in [0.15, 0.2) is 0 Å². The molecule has 11 heteroatoms. The van der Waals surface area contributed by atoms with Gasteiger partial charge in [-0.25, -0.2) is 9.88 Å². The zero-order valence-corrected chi connectivity index (χ0v) is 31.2. The first-order valence-corrected chi connectivity index (χ1v) is 22.1. The topological polar surface area (TPSA) is 112 Å². The normalized spacial score (nSPS) is 16.9. The van der Waals surface area contributed by atoms with Gasteiger partial charge in [-0.15, -0.1) is 0 Å². The molecule has 256 valence electrons. The van der Waals surface area contributed by atoms with Crippen molar-refractivity contribution in [1.82, 2.24) is 10.4 Å². The first-order valence-electron chi connectivity index (χ1n) is 16.6. The molecular weight excluding hydrogens is 619 g/mol. The van der Waals surface area contributed by atoms with Crippen LogP contribution < -0.4 is 15.1 Å². The van der Waals surface area contributed by atoms with Crippen molar-refractivity contribution >= 4 is 27.5 Å². The smallest absolute Gasteiger partial charge is 0.342 e. The largest absolute Gasteiger partial charge is 0.493 e. The van der Waals surface area contributed by atoms with Crippen LogP contribution in [0.2, 0.25) is 25.7 Å². The third-order valence-corrected chi connectivity index (χ3v) is 11.8. The standard InChI is InChI=1S/C35H55N2O7PSi/c1-10-29-26(5)31-23-42-35(39)32(31)33(41-19-21-46(7,8)9)30(29)17-16-25(4)22-36-18-20-45(40,44-28-14-12-11-13-15-28)37-27(6)34(38)43-24(2)3/h12,14-16,24,27,36H,10-11,13,17-23H2,1-9H3,(H,37,40)/t27-,45?/m0/s1. The number of esters is 2. The van der Waals surface area contributed by atoms with Crippen LogP contribution in [0, 0.1) is 6.92 Å². The highest BCUT2D eigenvalue weighted by Gasteiger charge is 2.33. The fourth-order valence-electron chi connectivity index (χ4n) is 5.45. The number of ether oxygens (including phenoxy) is 3. The van der Waals surface area contributed by atoms with E-state index in [4.69, 9.17) is 18.7 Å². The summed E-state index contributed by atoms with van der Waals surface area (Å²) in [6, 6.07) is 0.212. The lowest BCUT2D eigenvalue weighted by Crippen LogP contribution is -2.36. The molecule has 46 heavy (non-hydrogen) atoms. The molecule has 0 aromatic heterocycles. The van der Waals surface area contributed by atoms with Crippen LogP contribution in [-0.2, 0) is 42.8 Å². The van der Waals surface area contributed by atoms with E-state index in [2.05, 4.69) is 56.9 Å². The Labute approximate surface area is 277 Å². The highest BCUT2D eigenvalue weighted by atomic mass is 31.2. The van der Waals surface area contributed by atoms with E-state index in [9.17, 15) is 14.2 Å². The molecular formula is C35H55N2O7PSi. The van der Waals surface area contributed by atoms with E-state index in [-0.39, 0.29) is 18.2 Å². The molecule has 0 radical (unpaired) electrons. The molecule has 1 unspecified atom stereocenters. The SMILES string of the molecule is CCc1c(C)c2c(c(OCC[Si](C)(C)C)c1CC=C(C)CNCCP(=O)(N[C@@H](C)C(=O)OC(C)C)OC1=CCCC=C1)C(=O)OC2. The molecule has 1 aromatic carbocycles. The molecule has 2 atom stereocenters. The average Bonchev–Trinajstić information content (AvgIpc) is 3.36. The molecule has 0 bridgehead atoms. The fourth-order valence-corrected chi connectivity index (χ4v) is 8.06. The lowest BCUT2D eigenvalue weighted by atomic mass is 9.89. The Morgan fingerprint density at radius 3 is 2.54 bits per heavy atom. The van der Waals surface area contributed by atoms with Crippen molar-refractivity contribution in [1.29, 1.82) is 0 Å². The number of fused-ring (bicyclic) bond motifs is 1. The maximum absolute atomic E-state index is 13.9. The number of hydrogen-bond acceptors (Lipinski definition) is 8. The number of rotatable bonds is 18. The summed E-state index contributed by atoms with van der Waals surface area (Å²) < 4.78 is 37.1. The molecule has 1 aliphatic carbocycles. The molecule has 2 N–H and O–H groups in total. The van der Waals surface area contributed by atoms with Crippen LogP contribution in [0.3, 0.4) is 0 Å². The predicted molar refractivity (Wildman–Crippen MR) is 187 cm³/mol. The fraction of sp³-hybridized carbons (Fsp3) is 0.600. The quantitative estimate of drug-likeness (QED) is 0.0541. The van der Waals surface area contributed by atoms with Crippen LogP contribution in [0.1, 0.15) is 80.1 Å². The number of allylic oxidation sites excluding steroid dienone is 4. The van der Waals surface area contributed by atoms with E-state index in [1.165, 1.54) is 5.56 Å². The van der Waals surface area contributed by atoms with Crippen LogP contribution >= 0.6 is 7.52 Å². The van der Waals surface area contributed by atoms with Crippen LogP contribution in [0.4, 0.5) is 0 Å².